The number of carboxylic acid groups (broad SMARTS) is 1. The predicted octanol–water partition coefficient (Wildman–Crippen LogP) is 3.65. The van der Waals surface area contributed by atoms with Crippen molar-refractivity contribution in [1.82, 2.24) is 29.3 Å². The zero-order valence-electron chi connectivity index (χ0n) is 23.8. The molecule has 0 bridgehead atoms. The number of aromatic amines is 1. The maximum Gasteiger partial charge on any atom is 0.339 e. The SMILES string of the molecule is CCOc1c(NC(=O)c2ccc3nc(C(C)c4nc5c([nH]4)CCN(C(=N)N(C)C)C5)n(C)c3c2)cccc1C(=O)O. The van der Waals surface area contributed by atoms with Crippen molar-refractivity contribution in [2.45, 2.75) is 32.7 Å². The van der Waals surface area contributed by atoms with E-state index in [9.17, 15) is 14.7 Å². The number of hydrogen-bond acceptors (Lipinski definition) is 6. The fraction of sp³-hybridized carbons (Fsp3) is 0.345. The number of hydrogen-bond donors (Lipinski definition) is 4. The second kappa shape index (κ2) is 11.0. The largest absolute Gasteiger partial charge is 0.491 e. The van der Waals surface area contributed by atoms with Crippen molar-refractivity contribution < 1.29 is 19.4 Å². The second-order valence-corrected chi connectivity index (χ2v) is 10.3. The van der Waals surface area contributed by atoms with Crippen LogP contribution in [0.5, 0.6) is 5.75 Å². The molecular formula is C29H34N8O4. The molecule has 0 spiro atoms. The molecule has 4 N–H and O–H groups in total. The molecule has 214 valence electrons. The van der Waals surface area contributed by atoms with Gasteiger partial charge in [-0.25, -0.2) is 14.8 Å². The van der Waals surface area contributed by atoms with E-state index in [1.54, 1.807) is 42.2 Å². The van der Waals surface area contributed by atoms with E-state index in [1.165, 1.54) is 6.07 Å². The molecule has 5 rings (SSSR count). The Labute approximate surface area is 237 Å². The summed E-state index contributed by atoms with van der Waals surface area (Å²) in [5, 5.41) is 20.6. The Bertz CT molecular complexity index is 1650. The molecule has 3 heterocycles. The molecule has 1 amide bonds. The van der Waals surface area contributed by atoms with Gasteiger partial charge in [0.25, 0.3) is 5.91 Å². The van der Waals surface area contributed by atoms with Crippen molar-refractivity contribution in [1.29, 1.82) is 5.41 Å². The minimum absolute atomic E-state index is 0.0198. The number of amides is 1. The maximum atomic E-state index is 13.2. The average molecular weight is 559 g/mol. The van der Waals surface area contributed by atoms with Crippen LogP contribution in [-0.4, -0.2) is 79.5 Å². The number of rotatable bonds is 7. The van der Waals surface area contributed by atoms with E-state index in [4.69, 9.17) is 20.1 Å². The number of para-hydroxylation sites is 1. The highest BCUT2D eigenvalue weighted by molar-refractivity contribution is 6.07. The molecule has 0 fully saturated rings. The van der Waals surface area contributed by atoms with Gasteiger partial charge in [0.15, 0.2) is 11.7 Å². The number of nitrogens with one attached hydrogen (secondary N) is 3. The first-order valence-corrected chi connectivity index (χ1v) is 13.4. The molecule has 2 aromatic carbocycles. The topological polar surface area (TPSA) is 152 Å². The van der Waals surface area contributed by atoms with Crippen molar-refractivity contribution in [2.75, 3.05) is 32.6 Å². The molecule has 0 radical (unpaired) electrons. The van der Waals surface area contributed by atoms with Crippen LogP contribution in [0.1, 0.15) is 63.5 Å². The van der Waals surface area contributed by atoms with E-state index >= 15 is 0 Å². The monoisotopic (exact) mass is 558 g/mol. The molecule has 12 nitrogen and oxygen atoms in total. The fourth-order valence-electron chi connectivity index (χ4n) is 5.14. The first kappa shape index (κ1) is 27.7. The third-order valence-electron chi connectivity index (χ3n) is 7.34. The molecule has 1 atom stereocenters. The van der Waals surface area contributed by atoms with Crippen molar-refractivity contribution in [2.24, 2.45) is 7.05 Å². The number of aromatic nitrogens is 4. The summed E-state index contributed by atoms with van der Waals surface area (Å²) in [6.45, 7) is 5.39. The standard InChI is InChI=1S/C29H34N8O4/c1-6-41-24-18(28(39)40)8-7-9-21(24)34-27(38)17-10-11-20-23(14-17)36(5)26(33-20)16(2)25-31-19-12-13-37(15-22(19)32-25)29(30)35(3)4/h7-11,14,16,30H,6,12-13,15H2,1-5H3,(H,31,32)(H,34,38)(H,39,40). The van der Waals surface area contributed by atoms with Crippen LogP contribution < -0.4 is 10.1 Å². The van der Waals surface area contributed by atoms with Crippen molar-refractivity contribution >= 4 is 34.6 Å². The van der Waals surface area contributed by atoms with Gasteiger partial charge < -0.3 is 34.5 Å². The first-order valence-electron chi connectivity index (χ1n) is 13.4. The zero-order valence-corrected chi connectivity index (χ0v) is 23.8. The number of benzene rings is 2. The van der Waals surface area contributed by atoms with Crippen LogP contribution >= 0.6 is 0 Å². The number of fused-ring (bicyclic) bond motifs is 2. The molecule has 0 aliphatic carbocycles. The molecule has 2 aromatic heterocycles. The number of carbonyl (C=O) groups is 2. The van der Waals surface area contributed by atoms with Gasteiger partial charge in [-0.3, -0.25) is 10.2 Å². The molecule has 41 heavy (non-hydrogen) atoms. The van der Waals surface area contributed by atoms with Gasteiger partial charge in [-0.05, 0) is 44.2 Å². The Balaban J connectivity index is 1.39. The van der Waals surface area contributed by atoms with Crippen LogP contribution in [0.2, 0.25) is 0 Å². The van der Waals surface area contributed by atoms with Gasteiger partial charge >= 0.3 is 5.97 Å². The Kier molecular flexibility index (Phi) is 7.40. The van der Waals surface area contributed by atoms with Crippen LogP contribution in [0.15, 0.2) is 36.4 Å². The highest BCUT2D eigenvalue weighted by Crippen LogP contribution is 2.31. The molecule has 1 aliphatic heterocycles. The summed E-state index contributed by atoms with van der Waals surface area (Å²) in [5.74, 6) is 0.539. The van der Waals surface area contributed by atoms with E-state index in [0.29, 0.717) is 18.1 Å². The average Bonchev–Trinajstić information content (AvgIpc) is 3.53. The molecular weight excluding hydrogens is 524 g/mol. The van der Waals surface area contributed by atoms with E-state index in [0.717, 1.165) is 47.0 Å². The van der Waals surface area contributed by atoms with Crippen molar-refractivity contribution in [3.8, 4) is 5.75 Å². The normalized spacial score (nSPS) is 13.5. The molecule has 0 saturated carbocycles. The van der Waals surface area contributed by atoms with Gasteiger partial charge in [0.05, 0.1) is 41.5 Å². The summed E-state index contributed by atoms with van der Waals surface area (Å²) in [6.07, 6.45) is 0.784. The number of carboxylic acids is 1. The van der Waals surface area contributed by atoms with Gasteiger partial charge in [-0.1, -0.05) is 6.07 Å². The first-order chi connectivity index (χ1) is 19.6. The number of anilines is 1. The number of H-pyrrole nitrogens is 1. The third kappa shape index (κ3) is 5.20. The lowest BCUT2D eigenvalue weighted by atomic mass is 10.1. The zero-order chi connectivity index (χ0) is 29.4. The molecule has 0 saturated heterocycles. The number of aromatic carboxylic acids is 1. The molecule has 4 aromatic rings. The molecule has 12 heteroatoms. The van der Waals surface area contributed by atoms with E-state index in [-0.39, 0.29) is 29.5 Å². The lowest BCUT2D eigenvalue weighted by Gasteiger charge is -2.31. The van der Waals surface area contributed by atoms with Gasteiger partial charge in [0.2, 0.25) is 0 Å². The fourth-order valence-corrected chi connectivity index (χ4v) is 5.14. The minimum atomic E-state index is -1.13. The summed E-state index contributed by atoms with van der Waals surface area (Å²) >= 11 is 0. The maximum absolute atomic E-state index is 13.2. The summed E-state index contributed by atoms with van der Waals surface area (Å²) in [6, 6.07) is 9.88. The third-order valence-corrected chi connectivity index (χ3v) is 7.34. The quantitative estimate of drug-likeness (QED) is 0.198. The number of carbonyl (C=O) groups excluding carboxylic acids is 1. The Hall–Kier alpha value is -4.87. The smallest absolute Gasteiger partial charge is 0.339 e. The Morgan fingerprint density at radius 1 is 1.24 bits per heavy atom. The summed E-state index contributed by atoms with van der Waals surface area (Å²) in [4.78, 5) is 41.9. The van der Waals surface area contributed by atoms with Crippen LogP contribution in [0.25, 0.3) is 11.0 Å². The Morgan fingerprint density at radius 2 is 2.02 bits per heavy atom. The number of guanidine groups is 1. The Morgan fingerprint density at radius 3 is 2.73 bits per heavy atom. The van der Waals surface area contributed by atoms with E-state index in [2.05, 4.69) is 10.3 Å². The number of nitrogens with zero attached hydrogens (tertiary/aromatic N) is 5. The van der Waals surface area contributed by atoms with Crippen LogP contribution in [0.4, 0.5) is 5.69 Å². The van der Waals surface area contributed by atoms with Crippen molar-refractivity contribution in [3.05, 3.63) is 70.6 Å². The second-order valence-electron chi connectivity index (χ2n) is 10.3. The highest BCUT2D eigenvalue weighted by Gasteiger charge is 2.26. The van der Waals surface area contributed by atoms with Crippen LogP contribution in [-0.2, 0) is 20.0 Å². The van der Waals surface area contributed by atoms with Crippen LogP contribution in [0, 0.1) is 5.41 Å². The number of ether oxygens (including phenoxy) is 1. The lowest BCUT2D eigenvalue weighted by molar-refractivity contribution is 0.0692. The van der Waals surface area contributed by atoms with Crippen molar-refractivity contribution in [3.63, 3.8) is 0 Å². The minimum Gasteiger partial charge on any atom is -0.491 e. The van der Waals surface area contributed by atoms with E-state index in [1.807, 2.05) is 37.5 Å². The molecule has 1 aliphatic rings. The van der Waals surface area contributed by atoms with Gasteiger partial charge in [-0.2, -0.15) is 0 Å². The highest BCUT2D eigenvalue weighted by atomic mass is 16.5. The van der Waals surface area contributed by atoms with Gasteiger partial charge in [0, 0.05) is 45.4 Å². The van der Waals surface area contributed by atoms with Gasteiger partial charge in [-0.15, -0.1) is 0 Å². The van der Waals surface area contributed by atoms with E-state index < -0.39 is 11.9 Å². The number of aryl methyl sites for hydroxylation is 1. The van der Waals surface area contributed by atoms with Gasteiger partial charge in [0.1, 0.15) is 17.2 Å². The van der Waals surface area contributed by atoms with Crippen LogP contribution in [0.3, 0.4) is 0 Å². The predicted molar refractivity (Wildman–Crippen MR) is 155 cm³/mol. The number of imidazole rings is 2. The summed E-state index contributed by atoms with van der Waals surface area (Å²) < 4.78 is 7.51. The lowest BCUT2D eigenvalue weighted by Crippen LogP contribution is -2.42. The molecule has 1 unspecified atom stereocenters. The summed E-state index contributed by atoms with van der Waals surface area (Å²) in [7, 11) is 5.65. The summed E-state index contributed by atoms with van der Waals surface area (Å²) in [5.41, 5.74) is 4.23.